The highest BCUT2D eigenvalue weighted by molar-refractivity contribution is 7.28. The van der Waals surface area contributed by atoms with Gasteiger partial charge in [-0.15, -0.1) is 11.3 Å². The number of ether oxygens (including phenoxy) is 1. The van der Waals surface area contributed by atoms with Gasteiger partial charge in [-0.05, 0) is 50.2 Å². The fraction of sp³-hybridized carbons (Fsp3) is 0.167. The van der Waals surface area contributed by atoms with E-state index in [-0.39, 0.29) is 5.91 Å². The van der Waals surface area contributed by atoms with Gasteiger partial charge in [0, 0.05) is 5.56 Å². The van der Waals surface area contributed by atoms with E-state index in [1.807, 2.05) is 26.0 Å². The normalized spacial score (nSPS) is 11.1. The molecule has 0 aliphatic carbocycles. The maximum atomic E-state index is 12.4. The molecule has 0 radical (unpaired) electrons. The van der Waals surface area contributed by atoms with Crippen molar-refractivity contribution in [3.8, 4) is 5.75 Å². The fourth-order valence-corrected chi connectivity index (χ4v) is 4.58. The van der Waals surface area contributed by atoms with Gasteiger partial charge in [0.2, 0.25) is 0 Å². The predicted octanol–water partition coefficient (Wildman–Crippen LogP) is 4.87. The van der Waals surface area contributed by atoms with Gasteiger partial charge in [-0.2, -0.15) is 0 Å². The zero-order valence-corrected chi connectivity index (χ0v) is 15.3. The molecule has 126 valence electrons. The van der Waals surface area contributed by atoms with Crippen molar-refractivity contribution in [3.05, 3.63) is 47.0 Å². The van der Waals surface area contributed by atoms with Gasteiger partial charge in [-0.1, -0.05) is 11.3 Å². The van der Waals surface area contributed by atoms with Gasteiger partial charge in [0.1, 0.15) is 5.75 Å². The van der Waals surface area contributed by atoms with Crippen LogP contribution in [0.3, 0.4) is 0 Å². The number of aromatic nitrogens is 2. The van der Waals surface area contributed by atoms with Gasteiger partial charge >= 0.3 is 0 Å². The van der Waals surface area contributed by atoms with Crippen LogP contribution in [0.25, 0.3) is 20.4 Å². The molecule has 0 saturated heterocycles. The molecule has 2 aromatic carbocycles. The summed E-state index contributed by atoms with van der Waals surface area (Å²) in [7, 11) is 0. The Morgan fingerprint density at radius 2 is 1.72 bits per heavy atom. The van der Waals surface area contributed by atoms with Crippen molar-refractivity contribution >= 4 is 54.1 Å². The number of anilines is 1. The maximum absolute atomic E-state index is 12.4. The summed E-state index contributed by atoms with van der Waals surface area (Å²) in [4.78, 5) is 21.5. The van der Waals surface area contributed by atoms with E-state index in [0.717, 1.165) is 31.2 Å². The minimum atomic E-state index is -0.182. The van der Waals surface area contributed by atoms with Crippen LogP contribution in [-0.2, 0) is 0 Å². The number of hydrogen-bond acceptors (Lipinski definition) is 6. The molecule has 0 aliphatic rings. The molecule has 0 aliphatic heterocycles. The Labute approximate surface area is 152 Å². The topological polar surface area (TPSA) is 64.1 Å². The molecule has 4 aromatic rings. The number of fused-ring (bicyclic) bond motifs is 3. The largest absolute Gasteiger partial charge is 0.494 e. The average Bonchev–Trinajstić information content (AvgIpc) is 3.17. The Morgan fingerprint density at radius 3 is 2.44 bits per heavy atom. The lowest BCUT2D eigenvalue weighted by atomic mass is 10.2. The first-order valence-corrected chi connectivity index (χ1v) is 9.48. The van der Waals surface area contributed by atoms with Crippen molar-refractivity contribution in [2.24, 2.45) is 0 Å². The van der Waals surface area contributed by atoms with E-state index in [1.165, 1.54) is 11.3 Å². The van der Waals surface area contributed by atoms with Crippen LogP contribution in [-0.4, -0.2) is 22.5 Å². The number of hydrogen-bond donors (Lipinski definition) is 1. The molecule has 0 spiro atoms. The second-order valence-electron chi connectivity index (χ2n) is 5.43. The van der Waals surface area contributed by atoms with E-state index >= 15 is 0 Å². The molecule has 4 rings (SSSR count). The quantitative estimate of drug-likeness (QED) is 0.558. The molecule has 2 aromatic heterocycles. The van der Waals surface area contributed by atoms with Crippen molar-refractivity contribution in [1.82, 2.24) is 9.97 Å². The van der Waals surface area contributed by atoms with Gasteiger partial charge < -0.3 is 4.74 Å². The van der Waals surface area contributed by atoms with Crippen molar-refractivity contribution in [2.75, 3.05) is 11.9 Å². The molecule has 0 saturated carbocycles. The smallest absolute Gasteiger partial charge is 0.257 e. The Kier molecular flexibility index (Phi) is 4.10. The van der Waals surface area contributed by atoms with E-state index < -0.39 is 0 Å². The number of carbonyl (C=O) groups excluding carboxylic acids is 1. The van der Waals surface area contributed by atoms with Crippen LogP contribution in [0.4, 0.5) is 5.13 Å². The zero-order valence-electron chi connectivity index (χ0n) is 13.7. The Balaban J connectivity index is 1.61. The third kappa shape index (κ3) is 3.08. The molecule has 1 N–H and O–H groups in total. The van der Waals surface area contributed by atoms with E-state index in [4.69, 9.17) is 4.74 Å². The molecule has 0 atom stereocenters. The monoisotopic (exact) mass is 369 g/mol. The predicted molar refractivity (Wildman–Crippen MR) is 103 cm³/mol. The molecule has 0 bridgehead atoms. The van der Waals surface area contributed by atoms with Gasteiger partial charge in [0.25, 0.3) is 5.91 Å². The number of aryl methyl sites for hydroxylation is 1. The fourth-order valence-electron chi connectivity index (χ4n) is 2.58. The summed E-state index contributed by atoms with van der Waals surface area (Å²) in [6.07, 6.45) is 0. The molecular formula is C18H15N3O2S2. The molecule has 0 fully saturated rings. The molecule has 2 heterocycles. The van der Waals surface area contributed by atoms with E-state index in [2.05, 4.69) is 15.3 Å². The molecular weight excluding hydrogens is 354 g/mol. The van der Waals surface area contributed by atoms with Crippen LogP contribution in [0, 0.1) is 6.92 Å². The van der Waals surface area contributed by atoms with Crippen LogP contribution in [0.5, 0.6) is 5.75 Å². The highest BCUT2D eigenvalue weighted by atomic mass is 32.1. The van der Waals surface area contributed by atoms with Crippen LogP contribution in [0.15, 0.2) is 36.4 Å². The van der Waals surface area contributed by atoms with Crippen LogP contribution < -0.4 is 10.1 Å². The standard InChI is InChI=1S/C18H15N3O2S2/c1-3-23-12-6-4-11(5-7-12)17(22)21-18-20-14-9-8-13-15(16(14)25-18)24-10(2)19-13/h4-9H,3H2,1-2H3,(H,20,21,22). The van der Waals surface area contributed by atoms with Crippen molar-refractivity contribution in [2.45, 2.75) is 13.8 Å². The third-order valence-electron chi connectivity index (χ3n) is 3.67. The van der Waals surface area contributed by atoms with Crippen molar-refractivity contribution in [1.29, 1.82) is 0 Å². The summed E-state index contributed by atoms with van der Waals surface area (Å²) in [5, 5.41) is 4.50. The number of thiazole rings is 2. The van der Waals surface area contributed by atoms with E-state index in [0.29, 0.717) is 17.3 Å². The lowest BCUT2D eigenvalue weighted by Gasteiger charge is -2.04. The Morgan fingerprint density at radius 1 is 1.04 bits per heavy atom. The number of amides is 1. The summed E-state index contributed by atoms with van der Waals surface area (Å²) in [5.74, 6) is 0.570. The number of carbonyl (C=O) groups is 1. The second-order valence-corrected chi connectivity index (χ2v) is 7.63. The molecule has 1 amide bonds. The summed E-state index contributed by atoms with van der Waals surface area (Å²) < 4.78 is 7.57. The number of benzene rings is 2. The Hall–Kier alpha value is -2.51. The summed E-state index contributed by atoms with van der Waals surface area (Å²) in [5.41, 5.74) is 2.42. The molecule has 7 heteroatoms. The SMILES string of the molecule is CCOc1ccc(C(=O)Nc2nc3ccc4nc(C)sc4c3s2)cc1. The first kappa shape index (κ1) is 16.0. The summed E-state index contributed by atoms with van der Waals surface area (Å²) >= 11 is 3.13. The van der Waals surface area contributed by atoms with Gasteiger partial charge in [0.15, 0.2) is 5.13 Å². The highest BCUT2D eigenvalue weighted by Crippen LogP contribution is 2.35. The maximum Gasteiger partial charge on any atom is 0.257 e. The summed E-state index contributed by atoms with van der Waals surface area (Å²) in [6, 6.07) is 11.0. The van der Waals surface area contributed by atoms with Crippen LogP contribution in [0.2, 0.25) is 0 Å². The number of rotatable bonds is 4. The number of nitrogens with one attached hydrogen (secondary N) is 1. The minimum absolute atomic E-state index is 0.182. The van der Waals surface area contributed by atoms with E-state index in [9.17, 15) is 4.79 Å². The highest BCUT2D eigenvalue weighted by Gasteiger charge is 2.13. The average molecular weight is 369 g/mol. The van der Waals surface area contributed by atoms with Gasteiger partial charge in [-0.25, -0.2) is 9.97 Å². The zero-order chi connectivity index (χ0) is 17.4. The minimum Gasteiger partial charge on any atom is -0.494 e. The lowest BCUT2D eigenvalue weighted by Crippen LogP contribution is -2.11. The molecule has 25 heavy (non-hydrogen) atoms. The third-order valence-corrected chi connectivity index (χ3v) is 5.80. The first-order valence-electron chi connectivity index (χ1n) is 7.85. The number of nitrogens with zero attached hydrogens (tertiary/aromatic N) is 2. The summed E-state index contributed by atoms with van der Waals surface area (Å²) in [6.45, 7) is 4.52. The van der Waals surface area contributed by atoms with Gasteiger partial charge in [-0.3, -0.25) is 10.1 Å². The van der Waals surface area contributed by atoms with Crippen molar-refractivity contribution in [3.63, 3.8) is 0 Å². The lowest BCUT2D eigenvalue weighted by molar-refractivity contribution is 0.102. The van der Waals surface area contributed by atoms with Crippen molar-refractivity contribution < 1.29 is 9.53 Å². The first-order chi connectivity index (χ1) is 12.1. The molecule has 5 nitrogen and oxygen atoms in total. The molecule has 0 unspecified atom stereocenters. The Bertz CT molecular complexity index is 1070. The van der Waals surface area contributed by atoms with Gasteiger partial charge in [0.05, 0.1) is 32.0 Å². The van der Waals surface area contributed by atoms with Crippen LogP contribution in [0.1, 0.15) is 22.3 Å². The van der Waals surface area contributed by atoms with Crippen LogP contribution >= 0.6 is 22.7 Å². The second kappa shape index (κ2) is 6.42. The van der Waals surface area contributed by atoms with E-state index in [1.54, 1.807) is 35.6 Å².